The predicted molar refractivity (Wildman–Crippen MR) is 80.6 cm³/mol. The largest absolute Gasteiger partial charge is 0.361 e. The monoisotopic (exact) mass is 309 g/mol. The molecule has 0 saturated heterocycles. The molecule has 2 N–H and O–H groups in total. The molecule has 0 bridgehead atoms. The van der Waals surface area contributed by atoms with Crippen molar-refractivity contribution in [2.75, 3.05) is 6.26 Å². The van der Waals surface area contributed by atoms with Gasteiger partial charge in [-0.1, -0.05) is 6.07 Å². The molecule has 0 radical (unpaired) electrons. The first-order chi connectivity index (χ1) is 9.76. The van der Waals surface area contributed by atoms with E-state index in [1.165, 1.54) is 13.0 Å². The van der Waals surface area contributed by atoms with E-state index in [1.54, 1.807) is 12.3 Å². The van der Waals surface area contributed by atoms with Gasteiger partial charge in [0.1, 0.15) is 0 Å². The Morgan fingerprint density at radius 2 is 2.19 bits per heavy atom. The van der Waals surface area contributed by atoms with Gasteiger partial charge in [0.05, 0.1) is 11.2 Å². The summed E-state index contributed by atoms with van der Waals surface area (Å²) in [6.45, 7) is 1.60. The fraction of sp³-hybridized carbons (Fsp3) is 0.231. The van der Waals surface area contributed by atoms with Gasteiger partial charge in [0.2, 0.25) is 15.7 Å². The number of nitro groups is 1. The second-order valence-corrected chi connectivity index (χ2v) is 6.59. The molecule has 0 fully saturated rings. The number of aromatic amines is 1. The highest BCUT2D eigenvalue weighted by Gasteiger charge is 2.08. The van der Waals surface area contributed by atoms with E-state index in [1.807, 2.05) is 12.1 Å². The van der Waals surface area contributed by atoms with Gasteiger partial charge < -0.3 is 4.98 Å². The summed E-state index contributed by atoms with van der Waals surface area (Å²) in [6.07, 6.45) is 4.26. The Labute approximate surface area is 121 Å². The summed E-state index contributed by atoms with van der Waals surface area (Å²) < 4.78 is 24.6. The highest BCUT2D eigenvalue weighted by atomic mass is 32.2. The third kappa shape index (κ3) is 3.89. The highest BCUT2D eigenvalue weighted by molar-refractivity contribution is 7.88. The Hall–Kier alpha value is -2.19. The number of hydrogen-bond acceptors (Lipinski definition) is 4. The average Bonchev–Trinajstić information content (AvgIpc) is 2.78. The fourth-order valence-corrected chi connectivity index (χ4v) is 2.34. The maximum Gasteiger partial charge on any atom is 0.243 e. The van der Waals surface area contributed by atoms with Crippen LogP contribution in [0.3, 0.4) is 0 Å². The molecule has 7 nitrogen and oxygen atoms in total. The summed E-state index contributed by atoms with van der Waals surface area (Å²) in [6, 6.07) is 5.42. The molecule has 0 aliphatic rings. The Morgan fingerprint density at radius 1 is 1.48 bits per heavy atom. The van der Waals surface area contributed by atoms with Crippen LogP contribution in [0.4, 0.5) is 0 Å². The Balaban J connectivity index is 2.37. The van der Waals surface area contributed by atoms with Crippen LogP contribution in [0.5, 0.6) is 0 Å². The summed E-state index contributed by atoms with van der Waals surface area (Å²) in [5, 5.41) is 11.5. The van der Waals surface area contributed by atoms with Crippen LogP contribution in [0.15, 0.2) is 30.1 Å². The number of nitrogens with zero attached hydrogens (tertiary/aromatic N) is 1. The first-order valence-electron chi connectivity index (χ1n) is 6.13. The van der Waals surface area contributed by atoms with Gasteiger partial charge in [-0.3, -0.25) is 10.1 Å². The van der Waals surface area contributed by atoms with Crippen LogP contribution in [-0.4, -0.2) is 24.6 Å². The lowest BCUT2D eigenvalue weighted by Crippen LogP contribution is -2.21. The van der Waals surface area contributed by atoms with Crippen molar-refractivity contribution in [3.8, 4) is 0 Å². The van der Waals surface area contributed by atoms with Gasteiger partial charge in [-0.05, 0) is 17.7 Å². The molecule has 0 aliphatic heterocycles. The number of H-pyrrole nitrogens is 1. The number of hydrogen-bond donors (Lipinski definition) is 2. The summed E-state index contributed by atoms with van der Waals surface area (Å²) >= 11 is 0. The van der Waals surface area contributed by atoms with Gasteiger partial charge in [0.25, 0.3) is 0 Å². The molecule has 0 spiro atoms. The zero-order valence-corrected chi connectivity index (χ0v) is 12.4. The predicted octanol–water partition coefficient (Wildman–Crippen LogP) is 1.85. The van der Waals surface area contributed by atoms with E-state index in [0.717, 1.165) is 22.7 Å². The number of sulfonamides is 1. The van der Waals surface area contributed by atoms with Crippen molar-refractivity contribution in [3.05, 3.63) is 51.3 Å². The quantitative estimate of drug-likeness (QED) is 0.649. The van der Waals surface area contributed by atoms with E-state index in [9.17, 15) is 18.5 Å². The van der Waals surface area contributed by atoms with Crippen molar-refractivity contribution in [3.63, 3.8) is 0 Å². The van der Waals surface area contributed by atoms with E-state index in [4.69, 9.17) is 0 Å². The van der Waals surface area contributed by atoms with Crippen molar-refractivity contribution in [2.45, 2.75) is 13.5 Å². The minimum atomic E-state index is -3.26. The molecule has 2 rings (SSSR count). The average molecular weight is 309 g/mol. The second-order valence-electron chi connectivity index (χ2n) is 4.76. The fourth-order valence-electron chi connectivity index (χ4n) is 1.91. The summed E-state index contributed by atoms with van der Waals surface area (Å²) in [5.74, 6) is 0. The van der Waals surface area contributed by atoms with Crippen molar-refractivity contribution >= 4 is 27.0 Å². The van der Waals surface area contributed by atoms with E-state index >= 15 is 0 Å². The number of benzene rings is 1. The smallest absolute Gasteiger partial charge is 0.243 e. The molecule has 0 aliphatic carbocycles. The Bertz CT molecular complexity index is 821. The van der Waals surface area contributed by atoms with Gasteiger partial charge in [0, 0.05) is 42.2 Å². The lowest BCUT2D eigenvalue weighted by molar-refractivity contribution is -0.422. The lowest BCUT2D eigenvalue weighted by atomic mass is 10.1. The molecule has 0 amide bonds. The van der Waals surface area contributed by atoms with Crippen LogP contribution in [-0.2, 0) is 16.6 Å². The molecule has 1 heterocycles. The van der Waals surface area contributed by atoms with E-state index in [2.05, 4.69) is 9.71 Å². The first kappa shape index (κ1) is 15.2. The zero-order chi connectivity index (χ0) is 15.6. The number of allylic oxidation sites excluding steroid dienone is 1. The Morgan fingerprint density at radius 3 is 2.81 bits per heavy atom. The first-order valence-corrected chi connectivity index (χ1v) is 8.03. The van der Waals surface area contributed by atoms with Crippen molar-refractivity contribution < 1.29 is 13.3 Å². The minimum Gasteiger partial charge on any atom is -0.361 e. The van der Waals surface area contributed by atoms with Crippen LogP contribution in [0.2, 0.25) is 0 Å². The molecule has 0 saturated carbocycles. The second kappa shape index (κ2) is 5.66. The third-order valence-corrected chi connectivity index (χ3v) is 3.64. The molecule has 2 aromatic rings. The van der Waals surface area contributed by atoms with Crippen LogP contribution in [0.25, 0.3) is 17.0 Å². The van der Waals surface area contributed by atoms with E-state index in [0.29, 0.717) is 5.56 Å². The maximum absolute atomic E-state index is 11.1. The van der Waals surface area contributed by atoms with Crippen LogP contribution in [0, 0.1) is 10.1 Å². The van der Waals surface area contributed by atoms with Gasteiger partial charge in [-0.2, -0.15) is 0 Å². The van der Waals surface area contributed by atoms with Gasteiger partial charge in [0.15, 0.2) is 0 Å². The Kier molecular flexibility index (Phi) is 4.10. The molecule has 8 heteroatoms. The number of nitrogens with one attached hydrogen (secondary N) is 2. The van der Waals surface area contributed by atoms with Crippen molar-refractivity contribution in [1.82, 2.24) is 9.71 Å². The molecule has 0 atom stereocenters. The zero-order valence-electron chi connectivity index (χ0n) is 11.6. The van der Waals surface area contributed by atoms with Gasteiger partial charge >= 0.3 is 0 Å². The van der Waals surface area contributed by atoms with E-state index in [-0.39, 0.29) is 12.2 Å². The van der Waals surface area contributed by atoms with Crippen molar-refractivity contribution in [2.24, 2.45) is 0 Å². The summed E-state index contributed by atoms with van der Waals surface area (Å²) in [7, 11) is -3.26. The van der Waals surface area contributed by atoms with Crippen LogP contribution in [0.1, 0.15) is 18.1 Å². The van der Waals surface area contributed by atoms with Gasteiger partial charge in [-0.15, -0.1) is 0 Å². The topological polar surface area (TPSA) is 105 Å². The normalized spacial score (nSPS) is 12.8. The van der Waals surface area contributed by atoms with E-state index < -0.39 is 14.9 Å². The molecular weight excluding hydrogens is 294 g/mol. The highest BCUT2D eigenvalue weighted by Crippen LogP contribution is 2.22. The third-order valence-electron chi connectivity index (χ3n) is 2.97. The molecule has 0 unspecified atom stereocenters. The maximum atomic E-state index is 11.1. The van der Waals surface area contributed by atoms with Crippen LogP contribution >= 0.6 is 0 Å². The summed E-state index contributed by atoms with van der Waals surface area (Å²) in [5.41, 5.74) is 2.34. The van der Waals surface area contributed by atoms with Gasteiger partial charge in [-0.25, -0.2) is 13.1 Å². The molecule has 21 heavy (non-hydrogen) atoms. The number of rotatable bonds is 5. The molecule has 1 aromatic carbocycles. The summed E-state index contributed by atoms with van der Waals surface area (Å²) in [4.78, 5) is 13.3. The number of aromatic nitrogens is 1. The molecule has 1 aromatic heterocycles. The lowest BCUT2D eigenvalue weighted by Gasteiger charge is -2.03. The number of fused-ring (bicyclic) bond motifs is 1. The SMILES string of the molecule is CC(=Cc1c[nH]c2ccc(CNS(C)(=O)=O)cc12)[N+](=O)[O-]. The molecular formula is C13H15N3O4S. The van der Waals surface area contributed by atoms with Crippen LogP contribution < -0.4 is 4.72 Å². The standard InChI is InChI=1S/C13H15N3O4S/c1-9(16(17)18)5-11-8-14-13-4-3-10(6-12(11)13)7-15-21(2,19)20/h3-6,8,14-15H,7H2,1-2H3. The van der Waals surface area contributed by atoms with Crippen molar-refractivity contribution in [1.29, 1.82) is 0 Å². The molecule has 112 valence electrons. The minimum absolute atomic E-state index is 0.0376.